The summed E-state index contributed by atoms with van der Waals surface area (Å²) < 4.78 is 51.8. The van der Waals surface area contributed by atoms with Crippen LogP contribution in [0.4, 0.5) is 13.2 Å². The van der Waals surface area contributed by atoms with E-state index in [4.69, 9.17) is 20.8 Å². The molecule has 18 heteroatoms. The summed E-state index contributed by atoms with van der Waals surface area (Å²) in [4.78, 5) is 45.5. The number of amides is 2. The summed E-state index contributed by atoms with van der Waals surface area (Å²) in [6.07, 6.45) is -0.169. The second kappa shape index (κ2) is 18.4. The number of hydrogen-bond acceptors (Lipinski definition) is 12. The number of carbonyl (C=O) groups excluding carboxylic acids is 2. The number of halogens is 4. The molecule has 0 bridgehead atoms. The van der Waals surface area contributed by atoms with E-state index in [9.17, 15) is 33.0 Å². The van der Waals surface area contributed by atoms with Gasteiger partial charge in [-0.25, -0.2) is 9.97 Å². The van der Waals surface area contributed by atoms with Gasteiger partial charge in [-0.05, 0) is 56.7 Å². The highest BCUT2D eigenvalue weighted by Crippen LogP contribution is 2.35. The van der Waals surface area contributed by atoms with Crippen LogP contribution in [-0.2, 0) is 21.5 Å². The van der Waals surface area contributed by atoms with Gasteiger partial charge < -0.3 is 30.0 Å². The highest BCUT2D eigenvalue weighted by Gasteiger charge is 2.43. The fourth-order valence-corrected chi connectivity index (χ4v) is 8.66. The van der Waals surface area contributed by atoms with E-state index >= 15 is 0 Å². The molecule has 2 amide bonds. The lowest BCUT2D eigenvalue weighted by Gasteiger charge is -2.46. The van der Waals surface area contributed by atoms with Crippen molar-refractivity contribution < 1.29 is 42.1 Å². The Labute approximate surface area is 353 Å². The van der Waals surface area contributed by atoms with E-state index in [-0.39, 0.29) is 39.1 Å². The molecule has 5 aromatic rings. The lowest BCUT2D eigenvalue weighted by Crippen LogP contribution is -2.63. The first-order valence-corrected chi connectivity index (χ1v) is 20.6. The van der Waals surface area contributed by atoms with Crippen molar-refractivity contribution in [3.63, 3.8) is 0 Å². The number of fused-ring (bicyclic) bond motifs is 1. The first-order chi connectivity index (χ1) is 28.6. The molecule has 7 rings (SSSR count). The van der Waals surface area contributed by atoms with Gasteiger partial charge in [0.1, 0.15) is 31.0 Å². The molecule has 0 unspecified atom stereocenters. The quantitative estimate of drug-likeness (QED) is 0.109. The van der Waals surface area contributed by atoms with Crippen molar-refractivity contribution >= 4 is 34.8 Å². The van der Waals surface area contributed by atoms with E-state index < -0.39 is 60.3 Å². The molecule has 4 N–H and O–H groups in total. The maximum absolute atomic E-state index is 14.2. The molecule has 318 valence electrons. The lowest BCUT2D eigenvalue weighted by molar-refractivity contribution is -0.144. The molecule has 1 fully saturated rings. The van der Waals surface area contributed by atoms with E-state index in [0.29, 0.717) is 39.5 Å². The second-order valence-corrected chi connectivity index (χ2v) is 17.0. The molecule has 0 radical (unpaired) electrons. The van der Waals surface area contributed by atoms with Gasteiger partial charge in [-0.1, -0.05) is 35.9 Å². The number of benzene rings is 2. The number of thiazole rings is 1. The highest BCUT2D eigenvalue weighted by molar-refractivity contribution is 7.15. The van der Waals surface area contributed by atoms with Crippen molar-refractivity contribution in [2.75, 3.05) is 39.3 Å². The number of aliphatic hydroxyl groups excluding tert-OH is 2. The van der Waals surface area contributed by atoms with E-state index in [1.165, 1.54) is 11.3 Å². The fraction of sp³-hybridized carbons (Fsp3) is 0.405. The number of carbonyl (C=O) groups is 2. The zero-order valence-corrected chi connectivity index (χ0v) is 34.4. The number of alkyl halides is 3. The molecule has 0 aliphatic carbocycles. The SMILES string of the molecule is CC(C)(c1ncc(-c2ccc(Cl)cc2)o1)N1CCN(C[C@@H](O)C[C@@H](Cc2ncc(-c3cccnc3)s2)C(=O)N[C@H]2c3ccccc3OC[C@H]2O)[C@H](C(=O)NCC(F)(F)F)C1. The number of aromatic nitrogens is 3. The van der Waals surface area contributed by atoms with Crippen LogP contribution in [0, 0.1) is 5.92 Å². The normalized spacial score (nSPS) is 19.8. The predicted molar refractivity (Wildman–Crippen MR) is 218 cm³/mol. The van der Waals surface area contributed by atoms with Crippen molar-refractivity contribution in [2.45, 2.75) is 62.7 Å². The third kappa shape index (κ3) is 10.3. The molecule has 60 heavy (non-hydrogen) atoms. The third-order valence-corrected chi connectivity index (χ3v) is 12.2. The molecule has 2 aliphatic rings. The van der Waals surface area contributed by atoms with Crippen LogP contribution >= 0.6 is 22.9 Å². The number of piperazine rings is 1. The van der Waals surface area contributed by atoms with Crippen molar-refractivity contribution in [3.05, 3.63) is 107 Å². The van der Waals surface area contributed by atoms with E-state index in [2.05, 4.69) is 20.3 Å². The number of rotatable bonds is 14. The average Bonchev–Trinajstić information content (AvgIpc) is 3.93. The number of nitrogens with zero attached hydrogens (tertiary/aromatic N) is 5. The zero-order valence-electron chi connectivity index (χ0n) is 32.8. The number of aliphatic hydroxyl groups is 2. The van der Waals surface area contributed by atoms with E-state index in [1.807, 2.05) is 36.2 Å². The van der Waals surface area contributed by atoms with Gasteiger partial charge in [-0.2, -0.15) is 13.2 Å². The Hall–Kier alpha value is -4.91. The van der Waals surface area contributed by atoms with Crippen molar-refractivity contribution in [1.29, 1.82) is 0 Å². The smallest absolute Gasteiger partial charge is 0.405 e. The number of pyridine rings is 1. The number of nitrogens with one attached hydrogen (secondary N) is 2. The molecule has 2 aliphatic heterocycles. The number of para-hydroxylation sites is 1. The van der Waals surface area contributed by atoms with Crippen molar-refractivity contribution in [2.24, 2.45) is 5.92 Å². The van der Waals surface area contributed by atoms with Crippen LogP contribution in [0.25, 0.3) is 21.8 Å². The van der Waals surface area contributed by atoms with Gasteiger partial charge in [0.25, 0.3) is 0 Å². The fourth-order valence-electron chi connectivity index (χ4n) is 7.55. The molecule has 5 heterocycles. The minimum Gasteiger partial charge on any atom is -0.490 e. The maximum atomic E-state index is 14.2. The summed E-state index contributed by atoms with van der Waals surface area (Å²) in [6.45, 7) is 2.57. The van der Waals surface area contributed by atoms with Gasteiger partial charge in [0.05, 0.1) is 33.8 Å². The first kappa shape index (κ1) is 43.2. The van der Waals surface area contributed by atoms with E-state index in [0.717, 1.165) is 16.0 Å². The summed E-state index contributed by atoms with van der Waals surface area (Å²) in [5.41, 5.74) is 1.32. The summed E-state index contributed by atoms with van der Waals surface area (Å²) >= 11 is 7.44. The van der Waals surface area contributed by atoms with Gasteiger partial charge >= 0.3 is 6.18 Å². The maximum Gasteiger partial charge on any atom is 0.405 e. The Morgan fingerprint density at radius 3 is 2.55 bits per heavy atom. The molecule has 0 saturated carbocycles. The Bertz CT molecular complexity index is 2240. The van der Waals surface area contributed by atoms with Crippen LogP contribution in [0.15, 0.2) is 89.9 Å². The molecular weight excluding hydrogens is 823 g/mol. The van der Waals surface area contributed by atoms with Crippen molar-refractivity contribution in [3.8, 4) is 27.5 Å². The Balaban J connectivity index is 1.10. The number of β-amino-alcohol motifs (C(OH)–C–C–N with tert-alkyl or cyclic N) is 1. The largest absolute Gasteiger partial charge is 0.490 e. The van der Waals surface area contributed by atoms with Crippen LogP contribution in [0.5, 0.6) is 5.75 Å². The van der Waals surface area contributed by atoms with Crippen molar-refractivity contribution in [1.82, 2.24) is 35.4 Å². The molecule has 1 saturated heterocycles. The molecule has 13 nitrogen and oxygen atoms in total. The molecule has 2 aromatic carbocycles. The van der Waals surface area contributed by atoms with Crippen LogP contribution in [0.2, 0.25) is 5.02 Å². The molecule has 0 spiro atoms. The standard InChI is InChI=1S/C42H45ClF3N7O6S/c1-41(2,40-49-19-34(59-40)25-9-11-28(43)12-10-25)53-15-14-52(31(22-53)39(57)50-24-42(44,45)46)21-29(54)16-27(17-36-48-20-35(60-36)26-6-5-13-47-18-26)38(56)51-37-30-7-3-4-8-33(30)58-23-32(37)55/h3-13,18-20,27,29,31-32,37,54-55H,14-17,21-24H2,1-2H3,(H,50,57)(H,51,56)/t27-,29-,31-,32+,37-/m0/s1. The minimum atomic E-state index is -4.64. The van der Waals surface area contributed by atoms with Gasteiger partial charge in [-0.3, -0.25) is 24.4 Å². The average molecular weight is 868 g/mol. The number of hydrogen-bond donors (Lipinski definition) is 4. The Kier molecular flexibility index (Phi) is 13.2. The third-order valence-electron chi connectivity index (χ3n) is 10.8. The Morgan fingerprint density at radius 1 is 1.02 bits per heavy atom. The predicted octanol–water partition coefficient (Wildman–Crippen LogP) is 5.63. The number of oxazole rings is 1. The van der Waals surface area contributed by atoms with Gasteiger partial charge in [0, 0.05) is 78.8 Å². The highest BCUT2D eigenvalue weighted by atomic mass is 35.5. The monoisotopic (exact) mass is 867 g/mol. The summed E-state index contributed by atoms with van der Waals surface area (Å²) in [6, 6.07) is 15.9. The molecule has 5 atom stereocenters. The van der Waals surface area contributed by atoms with E-state index in [1.54, 1.807) is 78.2 Å². The first-order valence-electron chi connectivity index (χ1n) is 19.4. The Morgan fingerprint density at radius 2 is 1.80 bits per heavy atom. The summed E-state index contributed by atoms with van der Waals surface area (Å²) in [5.74, 6) is -0.781. The summed E-state index contributed by atoms with van der Waals surface area (Å²) in [5, 5.41) is 28.8. The zero-order chi connectivity index (χ0) is 42.6. The number of ether oxygens (including phenoxy) is 1. The van der Waals surface area contributed by atoms with Gasteiger partial charge in [0.15, 0.2) is 5.76 Å². The van der Waals surface area contributed by atoms with Crippen LogP contribution in [0.1, 0.15) is 42.8 Å². The summed E-state index contributed by atoms with van der Waals surface area (Å²) in [7, 11) is 0. The topological polar surface area (TPSA) is 166 Å². The van der Waals surface area contributed by atoms with Gasteiger partial charge in [0.2, 0.25) is 17.7 Å². The van der Waals surface area contributed by atoms with Crippen LogP contribution in [0.3, 0.4) is 0 Å². The molecule has 3 aromatic heterocycles. The second-order valence-electron chi connectivity index (χ2n) is 15.4. The van der Waals surface area contributed by atoms with Gasteiger partial charge in [-0.15, -0.1) is 11.3 Å². The van der Waals surface area contributed by atoms with Crippen LogP contribution in [-0.4, -0.2) is 111 Å². The minimum absolute atomic E-state index is 0.0106. The van der Waals surface area contributed by atoms with Crippen LogP contribution < -0.4 is 15.4 Å². The lowest BCUT2D eigenvalue weighted by atomic mass is 9.93. The molecular formula is C42H45ClF3N7O6S.